The molecule has 0 amide bonds. The molecule has 2 heterocycles. The molecule has 8 nitrogen and oxygen atoms in total. The van der Waals surface area contributed by atoms with Crippen LogP contribution in [0.25, 0.3) is 0 Å². The van der Waals surface area contributed by atoms with Gasteiger partial charge in [0.1, 0.15) is 18.0 Å². The van der Waals surface area contributed by atoms with Crippen LogP contribution in [0.3, 0.4) is 0 Å². The van der Waals surface area contributed by atoms with Gasteiger partial charge in [-0.15, -0.1) is 5.92 Å². The van der Waals surface area contributed by atoms with Crippen LogP contribution >= 0.6 is 11.6 Å². The summed E-state index contributed by atoms with van der Waals surface area (Å²) in [4.78, 5) is 13.7. The molecule has 2 rings (SSSR count). The average molecular weight is 301 g/mol. The summed E-state index contributed by atoms with van der Waals surface area (Å²) >= 11 is 6.29. The number of hydrogen-bond acceptors (Lipinski definition) is 7. The smallest absolute Gasteiger partial charge is 0.368 e. The number of nitrogens with zero attached hydrogens (tertiary/aromatic N) is 3. The standard InChI is InChI=1S/C11H13ClN4O4/c1-2-3-11(12)8(18)6(5-17)20-9(11)16-10(19)15-7(13)4-14-16/h4,6,8-9,17-18H,5H2,1H3,(H2,13,15,19)/t6-,8+,9-,11?/m1/s1. The van der Waals surface area contributed by atoms with E-state index >= 15 is 0 Å². The van der Waals surface area contributed by atoms with Gasteiger partial charge in [-0.05, 0) is 6.92 Å². The molecule has 4 N–H and O–H groups in total. The fourth-order valence-corrected chi connectivity index (χ4v) is 2.36. The zero-order chi connectivity index (χ0) is 14.9. The first-order chi connectivity index (χ1) is 9.43. The van der Waals surface area contributed by atoms with Crippen molar-refractivity contribution >= 4 is 17.4 Å². The predicted molar refractivity (Wildman–Crippen MR) is 69.7 cm³/mol. The molecular formula is C11H13ClN4O4. The summed E-state index contributed by atoms with van der Waals surface area (Å²) in [6.45, 7) is 1.05. The first kappa shape index (κ1) is 14.7. The summed E-state index contributed by atoms with van der Waals surface area (Å²) in [6.07, 6.45) is -2.31. The van der Waals surface area contributed by atoms with E-state index in [4.69, 9.17) is 22.1 Å². The van der Waals surface area contributed by atoms with Crippen LogP contribution in [-0.4, -0.2) is 48.7 Å². The molecule has 1 aliphatic rings. The van der Waals surface area contributed by atoms with Crippen molar-refractivity contribution < 1.29 is 14.9 Å². The van der Waals surface area contributed by atoms with Crippen molar-refractivity contribution in [1.82, 2.24) is 14.8 Å². The van der Waals surface area contributed by atoms with Crippen molar-refractivity contribution in [1.29, 1.82) is 0 Å². The second-order valence-corrected chi connectivity index (χ2v) is 4.83. The number of ether oxygens (including phenoxy) is 1. The van der Waals surface area contributed by atoms with Gasteiger partial charge >= 0.3 is 5.69 Å². The second-order valence-electron chi connectivity index (χ2n) is 4.21. The van der Waals surface area contributed by atoms with Crippen LogP contribution in [0.5, 0.6) is 0 Å². The highest BCUT2D eigenvalue weighted by Gasteiger charge is 2.56. The molecule has 0 saturated carbocycles. The van der Waals surface area contributed by atoms with E-state index in [1.807, 2.05) is 0 Å². The highest BCUT2D eigenvalue weighted by atomic mass is 35.5. The summed E-state index contributed by atoms with van der Waals surface area (Å²) < 4.78 is 6.22. The van der Waals surface area contributed by atoms with Crippen LogP contribution in [0.4, 0.5) is 5.82 Å². The third-order valence-corrected chi connectivity index (χ3v) is 3.40. The molecule has 1 unspecified atom stereocenters. The fraction of sp³-hybridized carbons (Fsp3) is 0.545. The van der Waals surface area contributed by atoms with Crippen molar-refractivity contribution in [3.05, 3.63) is 16.7 Å². The summed E-state index contributed by atoms with van der Waals surface area (Å²) in [5, 5.41) is 23.1. The molecule has 1 aromatic heterocycles. The minimum atomic E-state index is -1.61. The Hall–Kier alpha value is -1.66. The van der Waals surface area contributed by atoms with E-state index in [-0.39, 0.29) is 5.82 Å². The average Bonchev–Trinajstić information content (AvgIpc) is 2.63. The lowest BCUT2D eigenvalue weighted by Gasteiger charge is -2.24. The van der Waals surface area contributed by atoms with Gasteiger partial charge in [-0.25, -0.2) is 4.79 Å². The highest BCUT2D eigenvalue weighted by molar-refractivity contribution is 6.27. The zero-order valence-corrected chi connectivity index (χ0v) is 11.3. The van der Waals surface area contributed by atoms with Crippen molar-refractivity contribution in [2.24, 2.45) is 0 Å². The number of rotatable bonds is 2. The molecule has 0 aromatic carbocycles. The van der Waals surface area contributed by atoms with Gasteiger partial charge in [0.25, 0.3) is 0 Å². The summed E-state index contributed by atoms with van der Waals surface area (Å²) in [5.41, 5.74) is 4.57. The van der Waals surface area contributed by atoms with Gasteiger partial charge in [0.05, 0.1) is 12.8 Å². The van der Waals surface area contributed by atoms with Gasteiger partial charge in [-0.3, -0.25) is 0 Å². The first-order valence-corrected chi connectivity index (χ1v) is 6.10. The number of nitrogens with two attached hydrogens (primary N) is 1. The predicted octanol–water partition coefficient (Wildman–Crippen LogP) is -1.53. The molecular weight excluding hydrogens is 288 g/mol. The summed E-state index contributed by atoms with van der Waals surface area (Å²) in [6, 6.07) is 0. The Morgan fingerprint density at radius 3 is 2.95 bits per heavy atom. The van der Waals surface area contributed by atoms with Crippen LogP contribution in [0.15, 0.2) is 11.0 Å². The summed E-state index contributed by atoms with van der Waals surface area (Å²) in [5.74, 6) is 5.11. The number of nitrogen functional groups attached to an aromatic ring is 1. The summed E-state index contributed by atoms with van der Waals surface area (Å²) in [7, 11) is 0. The number of hydrogen-bond donors (Lipinski definition) is 3. The van der Waals surface area contributed by atoms with E-state index in [9.17, 15) is 15.0 Å². The van der Waals surface area contributed by atoms with Crippen LogP contribution in [-0.2, 0) is 4.74 Å². The van der Waals surface area contributed by atoms with Crippen LogP contribution in [0, 0.1) is 11.8 Å². The molecule has 0 spiro atoms. The number of aliphatic hydroxyl groups excluding tert-OH is 2. The topological polar surface area (TPSA) is 123 Å². The third-order valence-electron chi connectivity index (χ3n) is 2.90. The van der Waals surface area contributed by atoms with E-state index in [0.29, 0.717) is 0 Å². The lowest BCUT2D eigenvalue weighted by molar-refractivity contribution is -0.0512. The van der Waals surface area contributed by atoms with Crippen molar-refractivity contribution in [3.8, 4) is 11.8 Å². The van der Waals surface area contributed by atoms with Gasteiger partial charge in [0.15, 0.2) is 11.1 Å². The molecule has 1 aliphatic heterocycles. The van der Waals surface area contributed by atoms with Crippen molar-refractivity contribution in [2.75, 3.05) is 12.3 Å². The molecule has 1 saturated heterocycles. The van der Waals surface area contributed by atoms with Crippen LogP contribution in [0.1, 0.15) is 13.2 Å². The maximum absolute atomic E-state index is 11.8. The first-order valence-electron chi connectivity index (χ1n) is 5.72. The Morgan fingerprint density at radius 2 is 2.40 bits per heavy atom. The lowest BCUT2D eigenvalue weighted by atomic mass is 9.99. The Labute approximate surface area is 119 Å². The number of aliphatic hydroxyl groups is 2. The minimum absolute atomic E-state index is 0.0507. The number of anilines is 1. The molecule has 0 aliphatic carbocycles. The molecule has 20 heavy (non-hydrogen) atoms. The zero-order valence-electron chi connectivity index (χ0n) is 10.5. The molecule has 1 fully saturated rings. The van der Waals surface area contributed by atoms with Crippen LogP contribution in [0.2, 0.25) is 0 Å². The Bertz CT molecular complexity index is 625. The Balaban J connectivity index is 2.52. The molecule has 108 valence electrons. The second kappa shape index (κ2) is 5.38. The van der Waals surface area contributed by atoms with Gasteiger partial charge in [0.2, 0.25) is 0 Å². The maximum Gasteiger partial charge on any atom is 0.368 e. The quantitative estimate of drug-likeness (QED) is 0.447. The monoisotopic (exact) mass is 300 g/mol. The minimum Gasteiger partial charge on any atom is -0.394 e. The molecule has 9 heteroatoms. The van der Waals surface area contributed by atoms with E-state index in [1.165, 1.54) is 6.92 Å². The Kier molecular flexibility index (Phi) is 3.96. The van der Waals surface area contributed by atoms with Gasteiger partial charge in [-0.1, -0.05) is 17.5 Å². The van der Waals surface area contributed by atoms with E-state index in [2.05, 4.69) is 21.9 Å². The van der Waals surface area contributed by atoms with Gasteiger partial charge in [-0.2, -0.15) is 14.8 Å². The normalized spacial score (nSPS) is 32.7. The van der Waals surface area contributed by atoms with E-state index in [1.54, 1.807) is 0 Å². The molecule has 0 bridgehead atoms. The molecule has 1 aromatic rings. The number of halogens is 1. The SMILES string of the molecule is CC#CC1(Cl)[C@@H](O)[C@@H](CO)O[C@H]1n1ncc(N)nc1=O. The number of aromatic nitrogens is 3. The maximum atomic E-state index is 11.8. The largest absolute Gasteiger partial charge is 0.394 e. The van der Waals surface area contributed by atoms with Gasteiger partial charge < -0.3 is 20.7 Å². The van der Waals surface area contributed by atoms with Crippen LogP contribution < -0.4 is 11.4 Å². The number of alkyl halides is 1. The van der Waals surface area contributed by atoms with E-state index in [0.717, 1.165) is 10.9 Å². The lowest BCUT2D eigenvalue weighted by Crippen LogP contribution is -2.44. The van der Waals surface area contributed by atoms with E-state index < -0.39 is 35.6 Å². The third kappa shape index (κ3) is 2.25. The molecule has 4 atom stereocenters. The van der Waals surface area contributed by atoms with Gasteiger partial charge in [0, 0.05) is 0 Å². The van der Waals surface area contributed by atoms with Crippen molar-refractivity contribution in [3.63, 3.8) is 0 Å². The van der Waals surface area contributed by atoms with Crippen molar-refractivity contribution in [2.45, 2.75) is 30.2 Å². The highest BCUT2D eigenvalue weighted by Crippen LogP contribution is 2.42. The molecule has 0 radical (unpaired) electrons. The Morgan fingerprint density at radius 1 is 1.70 bits per heavy atom. The fourth-order valence-electron chi connectivity index (χ4n) is 1.98.